The van der Waals surface area contributed by atoms with Crippen LogP contribution < -0.4 is 10.6 Å². The van der Waals surface area contributed by atoms with Crippen LogP contribution in [0, 0.1) is 5.92 Å². The lowest BCUT2D eigenvalue weighted by Crippen LogP contribution is -2.61. The second-order valence-corrected chi connectivity index (χ2v) is 5.51. The van der Waals surface area contributed by atoms with Crippen LogP contribution in [-0.2, 0) is 4.79 Å². The largest absolute Gasteiger partial charge is 0.479 e. The van der Waals surface area contributed by atoms with Crippen LogP contribution in [0.15, 0.2) is 0 Å². The van der Waals surface area contributed by atoms with Crippen molar-refractivity contribution >= 4 is 12.0 Å². The van der Waals surface area contributed by atoms with Crippen LogP contribution in [0.25, 0.3) is 0 Å². The van der Waals surface area contributed by atoms with E-state index in [2.05, 4.69) is 17.6 Å². The maximum absolute atomic E-state index is 11.8. The molecule has 0 bridgehead atoms. The highest BCUT2D eigenvalue weighted by Crippen LogP contribution is 2.33. The lowest BCUT2D eigenvalue weighted by atomic mass is 9.73. The molecule has 3 N–H and O–H groups in total. The molecule has 5 heteroatoms. The highest BCUT2D eigenvalue weighted by Gasteiger charge is 2.46. The van der Waals surface area contributed by atoms with Crippen molar-refractivity contribution in [3.63, 3.8) is 0 Å². The summed E-state index contributed by atoms with van der Waals surface area (Å²) in [5.74, 6) is -0.941. The molecule has 2 atom stereocenters. The van der Waals surface area contributed by atoms with E-state index in [1.807, 2.05) is 6.92 Å². The number of nitrogens with one attached hydrogen (secondary N) is 2. The van der Waals surface area contributed by atoms with E-state index < -0.39 is 11.5 Å². The minimum atomic E-state index is -1.09. The molecule has 1 fully saturated rings. The highest BCUT2D eigenvalue weighted by atomic mass is 16.4. The van der Waals surface area contributed by atoms with Crippen molar-refractivity contribution in [3.8, 4) is 0 Å². The third-order valence-electron chi connectivity index (χ3n) is 4.08. The highest BCUT2D eigenvalue weighted by molar-refractivity contribution is 5.86. The molecule has 0 radical (unpaired) electrons. The monoisotopic (exact) mass is 270 g/mol. The summed E-state index contributed by atoms with van der Waals surface area (Å²) in [7, 11) is 0. The number of aliphatic carboxylic acids is 1. The average Bonchev–Trinajstić information content (AvgIpc) is 2.37. The molecule has 1 rings (SSSR count). The molecule has 0 aromatic carbocycles. The Balaban J connectivity index is 2.53. The Labute approximate surface area is 115 Å². The predicted molar refractivity (Wildman–Crippen MR) is 74.1 cm³/mol. The van der Waals surface area contributed by atoms with Gasteiger partial charge in [0.15, 0.2) is 0 Å². The molecule has 19 heavy (non-hydrogen) atoms. The van der Waals surface area contributed by atoms with Crippen molar-refractivity contribution in [2.45, 2.75) is 64.3 Å². The molecule has 0 aromatic rings. The zero-order valence-corrected chi connectivity index (χ0v) is 12.0. The van der Waals surface area contributed by atoms with Crippen LogP contribution in [0.3, 0.4) is 0 Å². The fourth-order valence-corrected chi connectivity index (χ4v) is 2.73. The molecule has 2 unspecified atom stereocenters. The normalized spacial score (nSPS) is 26.7. The Morgan fingerprint density at radius 3 is 2.63 bits per heavy atom. The zero-order valence-electron chi connectivity index (χ0n) is 12.0. The van der Waals surface area contributed by atoms with Crippen molar-refractivity contribution < 1.29 is 14.7 Å². The number of rotatable bonds is 6. The molecular weight excluding hydrogens is 244 g/mol. The quantitative estimate of drug-likeness (QED) is 0.649. The van der Waals surface area contributed by atoms with E-state index in [1.54, 1.807) is 0 Å². The molecule has 0 aromatic heterocycles. The van der Waals surface area contributed by atoms with Gasteiger partial charge in [-0.3, -0.25) is 0 Å². The van der Waals surface area contributed by atoms with E-state index >= 15 is 0 Å². The van der Waals surface area contributed by atoms with Gasteiger partial charge in [0.05, 0.1) is 0 Å². The fraction of sp³-hybridized carbons (Fsp3) is 0.857. The van der Waals surface area contributed by atoms with E-state index in [4.69, 9.17) is 0 Å². The Kier molecular flexibility index (Phi) is 6.12. The molecule has 5 nitrogen and oxygen atoms in total. The van der Waals surface area contributed by atoms with Gasteiger partial charge in [0.25, 0.3) is 0 Å². The van der Waals surface area contributed by atoms with Gasteiger partial charge in [0, 0.05) is 6.54 Å². The van der Waals surface area contributed by atoms with Gasteiger partial charge in [-0.25, -0.2) is 9.59 Å². The smallest absolute Gasteiger partial charge is 0.329 e. The maximum Gasteiger partial charge on any atom is 0.329 e. The van der Waals surface area contributed by atoms with Crippen LogP contribution in [0.4, 0.5) is 4.79 Å². The van der Waals surface area contributed by atoms with Crippen molar-refractivity contribution in [1.29, 1.82) is 0 Å². The van der Waals surface area contributed by atoms with Crippen LogP contribution in [0.1, 0.15) is 58.8 Å². The lowest BCUT2D eigenvalue weighted by Gasteiger charge is -2.39. The minimum Gasteiger partial charge on any atom is -0.479 e. The van der Waals surface area contributed by atoms with Gasteiger partial charge in [-0.1, -0.05) is 39.5 Å². The second-order valence-electron chi connectivity index (χ2n) is 5.51. The van der Waals surface area contributed by atoms with Crippen molar-refractivity contribution in [1.82, 2.24) is 10.6 Å². The molecule has 0 heterocycles. The van der Waals surface area contributed by atoms with Crippen LogP contribution >= 0.6 is 0 Å². The van der Waals surface area contributed by atoms with Crippen molar-refractivity contribution in [2.75, 3.05) is 6.54 Å². The number of urea groups is 1. The van der Waals surface area contributed by atoms with Gasteiger partial charge >= 0.3 is 12.0 Å². The van der Waals surface area contributed by atoms with Gasteiger partial charge in [-0.2, -0.15) is 0 Å². The Bertz CT molecular complexity index is 320. The topological polar surface area (TPSA) is 78.4 Å². The average molecular weight is 270 g/mol. The molecule has 0 spiro atoms. The Morgan fingerprint density at radius 2 is 2.05 bits per heavy atom. The number of unbranched alkanes of at least 4 members (excludes halogenated alkanes) is 2. The molecule has 2 amide bonds. The summed E-state index contributed by atoms with van der Waals surface area (Å²) in [6.45, 7) is 4.61. The van der Waals surface area contributed by atoms with E-state index in [9.17, 15) is 14.7 Å². The third-order valence-corrected chi connectivity index (χ3v) is 4.08. The molecular formula is C14H26N2O3. The summed E-state index contributed by atoms with van der Waals surface area (Å²) in [5.41, 5.74) is -1.09. The van der Waals surface area contributed by atoms with Crippen molar-refractivity contribution in [2.24, 2.45) is 5.92 Å². The van der Waals surface area contributed by atoms with Gasteiger partial charge in [0.1, 0.15) is 5.54 Å². The third kappa shape index (κ3) is 4.11. The van der Waals surface area contributed by atoms with E-state index in [0.717, 1.165) is 38.5 Å². The number of carbonyl (C=O) groups is 2. The summed E-state index contributed by atoms with van der Waals surface area (Å²) in [6.07, 6.45) is 6.36. The first kappa shape index (κ1) is 15.8. The second kappa shape index (κ2) is 7.36. The standard InChI is InChI=1S/C14H26N2O3/c1-3-4-7-10-15-13(19)16-14(12(17)18)9-6-5-8-11(14)2/h11H,3-10H2,1-2H3,(H,17,18)(H2,15,16,19). The molecule has 110 valence electrons. The number of hydrogen-bond acceptors (Lipinski definition) is 2. The lowest BCUT2D eigenvalue weighted by molar-refractivity contribution is -0.148. The van der Waals surface area contributed by atoms with Gasteiger partial charge in [-0.15, -0.1) is 0 Å². The SMILES string of the molecule is CCCCCNC(=O)NC1(C(=O)O)CCCCC1C. The zero-order chi connectivity index (χ0) is 14.3. The number of amides is 2. The van der Waals surface area contributed by atoms with Gasteiger partial charge < -0.3 is 15.7 Å². The van der Waals surface area contributed by atoms with Gasteiger partial charge in [-0.05, 0) is 25.2 Å². The molecule has 0 saturated heterocycles. The number of carboxylic acids is 1. The summed E-state index contributed by atoms with van der Waals surface area (Å²) in [4.78, 5) is 23.4. The van der Waals surface area contributed by atoms with Crippen LogP contribution in [0.5, 0.6) is 0 Å². The first-order valence-corrected chi connectivity index (χ1v) is 7.32. The number of carbonyl (C=O) groups excluding carboxylic acids is 1. The summed E-state index contributed by atoms with van der Waals surface area (Å²) < 4.78 is 0. The Morgan fingerprint density at radius 1 is 1.32 bits per heavy atom. The molecule has 0 aliphatic heterocycles. The first-order chi connectivity index (χ1) is 9.03. The van der Waals surface area contributed by atoms with E-state index in [-0.39, 0.29) is 11.9 Å². The summed E-state index contributed by atoms with van der Waals surface area (Å²) in [5, 5.41) is 14.9. The van der Waals surface area contributed by atoms with E-state index in [1.165, 1.54) is 0 Å². The first-order valence-electron chi connectivity index (χ1n) is 7.32. The fourth-order valence-electron chi connectivity index (χ4n) is 2.73. The molecule has 1 saturated carbocycles. The van der Waals surface area contributed by atoms with Crippen LogP contribution in [0.2, 0.25) is 0 Å². The van der Waals surface area contributed by atoms with Crippen molar-refractivity contribution in [3.05, 3.63) is 0 Å². The maximum atomic E-state index is 11.8. The molecule has 1 aliphatic rings. The number of hydrogen-bond donors (Lipinski definition) is 3. The summed E-state index contributed by atoms with van der Waals surface area (Å²) >= 11 is 0. The molecule has 1 aliphatic carbocycles. The predicted octanol–water partition coefficient (Wildman–Crippen LogP) is 2.51. The number of carboxylic acid groups (broad SMARTS) is 1. The Hall–Kier alpha value is -1.26. The summed E-state index contributed by atoms with van der Waals surface area (Å²) in [6, 6.07) is -0.354. The van der Waals surface area contributed by atoms with Crippen LogP contribution in [-0.4, -0.2) is 29.2 Å². The minimum absolute atomic E-state index is 0.0276. The van der Waals surface area contributed by atoms with Gasteiger partial charge in [0.2, 0.25) is 0 Å². The van der Waals surface area contributed by atoms with E-state index in [0.29, 0.717) is 13.0 Å².